The highest BCUT2D eigenvalue weighted by molar-refractivity contribution is 14.1. The molecule has 16 heavy (non-hydrogen) atoms. The molecule has 0 bridgehead atoms. The fourth-order valence-electron chi connectivity index (χ4n) is 1.07. The summed E-state index contributed by atoms with van der Waals surface area (Å²) in [6, 6.07) is 7.31. The maximum atomic E-state index is 11.9. The number of aliphatic hydroxyl groups is 1. The standard InChI is InChI=1S/C12H16INO2/c1-8(15)12(2,3)14-11(16)9-4-6-10(13)7-5-9/h4-8,15H,1-3H3,(H,14,16). The molecule has 0 aliphatic heterocycles. The van der Waals surface area contributed by atoms with Crippen LogP contribution in [-0.2, 0) is 0 Å². The Hall–Kier alpha value is -0.620. The molecule has 0 aliphatic rings. The van der Waals surface area contributed by atoms with Gasteiger partial charge in [-0.3, -0.25) is 4.79 Å². The second-order valence-corrected chi connectivity index (χ2v) is 5.60. The van der Waals surface area contributed by atoms with Gasteiger partial charge in [-0.05, 0) is 67.6 Å². The van der Waals surface area contributed by atoms with Crippen molar-refractivity contribution < 1.29 is 9.90 Å². The van der Waals surface area contributed by atoms with Crippen LogP contribution in [0.15, 0.2) is 24.3 Å². The van der Waals surface area contributed by atoms with Crippen molar-refractivity contribution in [2.24, 2.45) is 0 Å². The predicted octanol–water partition coefficient (Wildman–Crippen LogP) is 2.18. The van der Waals surface area contributed by atoms with Crippen molar-refractivity contribution in [3.8, 4) is 0 Å². The lowest BCUT2D eigenvalue weighted by Gasteiger charge is -2.29. The minimum absolute atomic E-state index is 0.165. The Morgan fingerprint density at radius 3 is 2.31 bits per heavy atom. The summed E-state index contributed by atoms with van der Waals surface area (Å²) in [6.45, 7) is 5.25. The van der Waals surface area contributed by atoms with Crippen LogP contribution < -0.4 is 5.32 Å². The highest BCUT2D eigenvalue weighted by Gasteiger charge is 2.26. The number of hydrogen-bond acceptors (Lipinski definition) is 2. The second kappa shape index (κ2) is 5.14. The van der Waals surface area contributed by atoms with Crippen LogP contribution in [0.4, 0.5) is 0 Å². The topological polar surface area (TPSA) is 49.3 Å². The van der Waals surface area contributed by atoms with Gasteiger partial charge in [0.1, 0.15) is 0 Å². The molecule has 88 valence electrons. The molecule has 4 heteroatoms. The van der Waals surface area contributed by atoms with Crippen molar-refractivity contribution in [2.75, 3.05) is 0 Å². The van der Waals surface area contributed by atoms with E-state index in [1.165, 1.54) is 0 Å². The van der Waals surface area contributed by atoms with Gasteiger partial charge in [0.2, 0.25) is 0 Å². The molecule has 1 aromatic rings. The van der Waals surface area contributed by atoms with Crippen molar-refractivity contribution in [3.63, 3.8) is 0 Å². The minimum Gasteiger partial charge on any atom is -0.391 e. The van der Waals surface area contributed by atoms with E-state index < -0.39 is 11.6 Å². The van der Waals surface area contributed by atoms with E-state index in [4.69, 9.17) is 0 Å². The molecule has 0 saturated heterocycles. The third-order valence-electron chi connectivity index (χ3n) is 2.59. The van der Waals surface area contributed by atoms with Crippen LogP contribution in [0.25, 0.3) is 0 Å². The lowest BCUT2D eigenvalue weighted by Crippen LogP contribution is -2.50. The largest absolute Gasteiger partial charge is 0.391 e. The summed E-state index contributed by atoms with van der Waals surface area (Å²) < 4.78 is 1.09. The summed E-state index contributed by atoms with van der Waals surface area (Å²) >= 11 is 2.19. The first-order chi connectivity index (χ1) is 7.33. The van der Waals surface area contributed by atoms with Gasteiger partial charge in [-0.1, -0.05) is 0 Å². The molecule has 1 amide bonds. The fraction of sp³-hybridized carbons (Fsp3) is 0.417. The smallest absolute Gasteiger partial charge is 0.251 e. The summed E-state index contributed by atoms with van der Waals surface area (Å²) in [5.41, 5.74) is -0.0192. The zero-order valence-electron chi connectivity index (χ0n) is 9.62. The quantitative estimate of drug-likeness (QED) is 0.833. The molecule has 1 unspecified atom stereocenters. The second-order valence-electron chi connectivity index (χ2n) is 4.36. The third-order valence-corrected chi connectivity index (χ3v) is 3.31. The maximum Gasteiger partial charge on any atom is 0.251 e. The van der Waals surface area contributed by atoms with Gasteiger partial charge in [-0.2, -0.15) is 0 Å². The van der Waals surface area contributed by atoms with Crippen LogP contribution in [0.2, 0.25) is 0 Å². The van der Waals surface area contributed by atoms with Crippen LogP contribution in [0.3, 0.4) is 0 Å². The Kier molecular flexibility index (Phi) is 4.32. The molecule has 0 heterocycles. The van der Waals surface area contributed by atoms with E-state index in [1.54, 1.807) is 32.9 Å². The molecule has 0 saturated carbocycles. The zero-order chi connectivity index (χ0) is 12.3. The van der Waals surface area contributed by atoms with Gasteiger partial charge in [0.25, 0.3) is 5.91 Å². The molecule has 2 N–H and O–H groups in total. The highest BCUT2D eigenvalue weighted by atomic mass is 127. The van der Waals surface area contributed by atoms with Gasteiger partial charge in [0, 0.05) is 9.13 Å². The lowest BCUT2D eigenvalue weighted by atomic mass is 9.98. The number of benzene rings is 1. The molecular formula is C12H16INO2. The molecule has 0 spiro atoms. The van der Waals surface area contributed by atoms with Gasteiger partial charge in [-0.25, -0.2) is 0 Å². The number of hydrogen-bond donors (Lipinski definition) is 2. The summed E-state index contributed by atoms with van der Waals surface area (Å²) in [6.07, 6.45) is -0.597. The Morgan fingerprint density at radius 2 is 1.88 bits per heavy atom. The van der Waals surface area contributed by atoms with E-state index in [9.17, 15) is 9.90 Å². The fourth-order valence-corrected chi connectivity index (χ4v) is 1.43. The van der Waals surface area contributed by atoms with Crippen LogP contribution in [0.1, 0.15) is 31.1 Å². The van der Waals surface area contributed by atoms with E-state index in [0.717, 1.165) is 3.57 Å². The maximum absolute atomic E-state index is 11.9. The first-order valence-corrected chi connectivity index (χ1v) is 6.17. The average Bonchev–Trinajstić information content (AvgIpc) is 2.17. The van der Waals surface area contributed by atoms with Crippen molar-refractivity contribution >= 4 is 28.5 Å². The van der Waals surface area contributed by atoms with Crippen molar-refractivity contribution in [3.05, 3.63) is 33.4 Å². The molecule has 0 aromatic heterocycles. The summed E-state index contributed by atoms with van der Waals surface area (Å²) in [7, 11) is 0. The third kappa shape index (κ3) is 3.45. The number of nitrogens with one attached hydrogen (secondary N) is 1. The summed E-state index contributed by atoms with van der Waals surface area (Å²) in [5, 5.41) is 12.3. The molecule has 0 aliphatic carbocycles. The van der Waals surface area contributed by atoms with Crippen molar-refractivity contribution in [1.29, 1.82) is 0 Å². The Balaban J connectivity index is 2.77. The summed E-state index contributed by atoms with van der Waals surface area (Å²) in [4.78, 5) is 11.9. The van der Waals surface area contributed by atoms with Gasteiger partial charge >= 0.3 is 0 Å². The minimum atomic E-state index is -0.625. The van der Waals surface area contributed by atoms with Crippen molar-refractivity contribution in [1.82, 2.24) is 5.32 Å². The molecule has 3 nitrogen and oxygen atoms in total. The molecule has 1 atom stereocenters. The Labute approximate surface area is 109 Å². The number of amides is 1. The lowest BCUT2D eigenvalue weighted by molar-refractivity contribution is 0.0709. The van der Waals surface area contributed by atoms with Crippen LogP contribution in [0, 0.1) is 3.57 Å². The number of rotatable bonds is 3. The normalized spacial score (nSPS) is 13.3. The Bertz CT molecular complexity index is 371. The van der Waals surface area contributed by atoms with Gasteiger partial charge < -0.3 is 10.4 Å². The molecule has 1 aromatic carbocycles. The average molecular weight is 333 g/mol. The van der Waals surface area contributed by atoms with Crippen molar-refractivity contribution in [2.45, 2.75) is 32.4 Å². The first kappa shape index (κ1) is 13.4. The number of carbonyl (C=O) groups is 1. The van der Waals surface area contributed by atoms with Gasteiger partial charge in [0.05, 0.1) is 11.6 Å². The number of aliphatic hydroxyl groups excluding tert-OH is 1. The van der Waals surface area contributed by atoms with E-state index in [-0.39, 0.29) is 5.91 Å². The number of halogens is 1. The SMILES string of the molecule is CC(O)C(C)(C)NC(=O)c1ccc(I)cc1. The monoisotopic (exact) mass is 333 g/mol. The van der Waals surface area contributed by atoms with Crippen LogP contribution in [0.5, 0.6) is 0 Å². The van der Waals surface area contributed by atoms with Crippen LogP contribution >= 0.6 is 22.6 Å². The zero-order valence-corrected chi connectivity index (χ0v) is 11.8. The van der Waals surface area contributed by atoms with Crippen LogP contribution in [-0.4, -0.2) is 22.7 Å². The van der Waals surface area contributed by atoms with E-state index in [2.05, 4.69) is 27.9 Å². The number of carbonyl (C=O) groups excluding carboxylic acids is 1. The predicted molar refractivity (Wildman–Crippen MR) is 72.4 cm³/mol. The van der Waals surface area contributed by atoms with E-state index in [1.807, 2.05) is 12.1 Å². The molecule has 0 radical (unpaired) electrons. The molecular weight excluding hydrogens is 317 g/mol. The van der Waals surface area contributed by atoms with E-state index >= 15 is 0 Å². The molecule has 0 fully saturated rings. The summed E-state index contributed by atoms with van der Waals surface area (Å²) in [5.74, 6) is -0.165. The first-order valence-electron chi connectivity index (χ1n) is 5.09. The van der Waals surface area contributed by atoms with Gasteiger partial charge in [0.15, 0.2) is 0 Å². The van der Waals surface area contributed by atoms with Gasteiger partial charge in [-0.15, -0.1) is 0 Å². The Morgan fingerprint density at radius 1 is 1.38 bits per heavy atom. The highest BCUT2D eigenvalue weighted by Crippen LogP contribution is 2.11. The van der Waals surface area contributed by atoms with E-state index in [0.29, 0.717) is 5.56 Å². The molecule has 1 rings (SSSR count).